The van der Waals surface area contributed by atoms with Crippen LogP contribution in [0.4, 0.5) is 5.69 Å². The Kier molecular flexibility index (Phi) is 3.65. The molecule has 1 aliphatic heterocycles. The molecule has 2 heterocycles. The van der Waals surface area contributed by atoms with E-state index < -0.39 is 5.41 Å². The number of likely N-dealkylation sites (tertiary alicyclic amines) is 1. The lowest BCUT2D eigenvalue weighted by molar-refractivity contribution is -0.140. The highest BCUT2D eigenvalue weighted by Crippen LogP contribution is 2.31. The molecular formula is C14H19N3O3. The molecule has 108 valence electrons. The number of carbonyl (C=O) groups excluding carboxylic acids is 2. The number of pyridine rings is 1. The second-order valence-corrected chi connectivity index (χ2v) is 5.76. The fourth-order valence-corrected chi connectivity index (χ4v) is 2.38. The summed E-state index contributed by atoms with van der Waals surface area (Å²) in [6, 6.07) is 2.96. The van der Waals surface area contributed by atoms with Crippen molar-refractivity contribution in [3.8, 4) is 0 Å². The van der Waals surface area contributed by atoms with E-state index >= 15 is 0 Å². The minimum Gasteiger partial charge on any atom is -0.398 e. The molecule has 0 atom stereocenters. The maximum Gasteiger partial charge on any atom is 0.250 e. The maximum absolute atomic E-state index is 12.0. The van der Waals surface area contributed by atoms with Crippen molar-refractivity contribution in [1.29, 1.82) is 0 Å². The molecule has 0 radical (unpaired) electrons. The second-order valence-electron chi connectivity index (χ2n) is 5.76. The molecule has 2 amide bonds. The maximum atomic E-state index is 12.0. The monoisotopic (exact) mass is 277 g/mol. The van der Waals surface area contributed by atoms with Gasteiger partial charge in [-0.15, -0.1) is 0 Å². The number of nitrogens with two attached hydrogens (primary N) is 1. The number of hydrogen-bond acceptors (Lipinski definition) is 4. The van der Waals surface area contributed by atoms with Crippen LogP contribution in [0.3, 0.4) is 0 Å². The van der Waals surface area contributed by atoms with Crippen LogP contribution in [0.15, 0.2) is 23.1 Å². The Morgan fingerprint density at radius 3 is 2.50 bits per heavy atom. The summed E-state index contributed by atoms with van der Waals surface area (Å²) in [6.45, 7) is 4.31. The van der Waals surface area contributed by atoms with E-state index in [9.17, 15) is 14.4 Å². The van der Waals surface area contributed by atoms with E-state index in [1.807, 2.05) is 0 Å². The number of imide groups is 1. The van der Waals surface area contributed by atoms with Crippen molar-refractivity contribution in [2.45, 2.75) is 33.2 Å². The summed E-state index contributed by atoms with van der Waals surface area (Å²) in [5.74, 6) is -0.276. The number of aromatic nitrogens is 1. The Balaban J connectivity index is 1.97. The van der Waals surface area contributed by atoms with Crippen LogP contribution in [-0.4, -0.2) is 27.8 Å². The summed E-state index contributed by atoms with van der Waals surface area (Å²) >= 11 is 0. The first-order valence-corrected chi connectivity index (χ1v) is 6.62. The Morgan fingerprint density at radius 2 is 1.90 bits per heavy atom. The van der Waals surface area contributed by atoms with Gasteiger partial charge in [0.05, 0.1) is 5.41 Å². The quantitative estimate of drug-likeness (QED) is 0.817. The Labute approximate surface area is 117 Å². The van der Waals surface area contributed by atoms with Crippen LogP contribution in [0.2, 0.25) is 0 Å². The van der Waals surface area contributed by atoms with E-state index in [2.05, 4.69) is 0 Å². The summed E-state index contributed by atoms with van der Waals surface area (Å²) < 4.78 is 1.49. The number of rotatable bonds is 4. The van der Waals surface area contributed by atoms with Gasteiger partial charge < -0.3 is 10.3 Å². The van der Waals surface area contributed by atoms with E-state index in [0.29, 0.717) is 25.2 Å². The summed E-state index contributed by atoms with van der Waals surface area (Å²) in [6.07, 6.45) is 2.36. The third kappa shape index (κ3) is 2.74. The molecular weight excluding hydrogens is 258 g/mol. The van der Waals surface area contributed by atoms with Gasteiger partial charge in [0.25, 0.3) is 5.56 Å². The third-order valence-electron chi connectivity index (χ3n) is 3.51. The molecule has 0 saturated carbocycles. The fraction of sp³-hybridized carbons (Fsp3) is 0.500. The van der Waals surface area contributed by atoms with Crippen LogP contribution < -0.4 is 11.3 Å². The molecule has 1 aliphatic rings. The van der Waals surface area contributed by atoms with E-state index in [4.69, 9.17) is 5.73 Å². The number of aryl methyl sites for hydroxylation is 1. The summed E-state index contributed by atoms with van der Waals surface area (Å²) in [7, 11) is 0. The molecule has 0 aromatic carbocycles. The predicted octanol–water partition coefficient (Wildman–Crippen LogP) is 0.606. The van der Waals surface area contributed by atoms with Crippen molar-refractivity contribution in [2.24, 2.45) is 5.41 Å². The van der Waals surface area contributed by atoms with Crippen LogP contribution in [-0.2, 0) is 16.1 Å². The largest absolute Gasteiger partial charge is 0.398 e. The van der Waals surface area contributed by atoms with Crippen molar-refractivity contribution < 1.29 is 9.59 Å². The summed E-state index contributed by atoms with van der Waals surface area (Å²) in [5, 5.41) is 0. The molecule has 6 nitrogen and oxygen atoms in total. The second kappa shape index (κ2) is 5.11. The third-order valence-corrected chi connectivity index (χ3v) is 3.51. The summed E-state index contributed by atoms with van der Waals surface area (Å²) in [5.41, 5.74) is 5.39. The van der Waals surface area contributed by atoms with E-state index in [-0.39, 0.29) is 23.8 Å². The van der Waals surface area contributed by atoms with Gasteiger partial charge in [0, 0.05) is 37.5 Å². The number of carbonyl (C=O) groups is 2. The first-order valence-electron chi connectivity index (χ1n) is 6.62. The first-order chi connectivity index (χ1) is 9.31. The molecule has 0 bridgehead atoms. The number of nitrogens with zero attached hydrogens (tertiary/aromatic N) is 2. The van der Waals surface area contributed by atoms with Gasteiger partial charge in [0.1, 0.15) is 0 Å². The van der Waals surface area contributed by atoms with Gasteiger partial charge >= 0.3 is 0 Å². The molecule has 0 spiro atoms. The molecule has 20 heavy (non-hydrogen) atoms. The smallest absolute Gasteiger partial charge is 0.250 e. The Hall–Kier alpha value is -2.11. The van der Waals surface area contributed by atoms with Gasteiger partial charge in [-0.3, -0.25) is 19.3 Å². The minimum atomic E-state index is -0.606. The van der Waals surface area contributed by atoms with Gasteiger partial charge in [-0.1, -0.05) is 13.8 Å². The standard InChI is InChI=1S/C14H19N3O3/c1-14(2)8-12(19)17(13(14)20)7-3-6-16-9-10(15)4-5-11(16)18/h4-5,9H,3,6-8,15H2,1-2H3. The van der Waals surface area contributed by atoms with Crippen LogP contribution in [0.1, 0.15) is 26.7 Å². The van der Waals surface area contributed by atoms with E-state index in [0.717, 1.165) is 0 Å². The SMILES string of the molecule is CC1(C)CC(=O)N(CCCn2cc(N)ccc2=O)C1=O. The molecule has 0 aliphatic carbocycles. The summed E-state index contributed by atoms with van der Waals surface area (Å²) in [4.78, 5) is 36.7. The van der Waals surface area contributed by atoms with Crippen molar-refractivity contribution in [2.75, 3.05) is 12.3 Å². The van der Waals surface area contributed by atoms with Gasteiger partial charge in [-0.25, -0.2) is 0 Å². The number of nitrogen functional groups attached to an aromatic ring is 1. The molecule has 2 N–H and O–H groups in total. The lowest BCUT2D eigenvalue weighted by Gasteiger charge is -2.17. The van der Waals surface area contributed by atoms with Gasteiger partial charge in [0.15, 0.2) is 0 Å². The zero-order valence-electron chi connectivity index (χ0n) is 11.8. The molecule has 1 fully saturated rings. The highest BCUT2D eigenvalue weighted by molar-refractivity contribution is 6.05. The molecule has 6 heteroatoms. The fourth-order valence-electron chi connectivity index (χ4n) is 2.38. The van der Waals surface area contributed by atoms with Crippen molar-refractivity contribution in [1.82, 2.24) is 9.47 Å². The first kappa shape index (κ1) is 14.3. The number of amides is 2. The minimum absolute atomic E-state index is 0.137. The predicted molar refractivity (Wildman–Crippen MR) is 74.8 cm³/mol. The van der Waals surface area contributed by atoms with Gasteiger partial charge in [0.2, 0.25) is 11.8 Å². The lowest BCUT2D eigenvalue weighted by Crippen LogP contribution is -2.34. The van der Waals surface area contributed by atoms with E-state index in [1.165, 1.54) is 15.5 Å². The van der Waals surface area contributed by atoms with Gasteiger partial charge in [-0.2, -0.15) is 0 Å². The van der Waals surface area contributed by atoms with Crippen molar-refractivity contribution in [3.05, 3.63) is 28.7 Å². The average molecular weight is 277 g/mol. The topological polar surface area (TPSA) is 85.4 Å². The molecule has 0 unspecified atom stereocenters. The highest BCUT2D eigenvalue weighted by atomic mass is 16.2. The Morgan fingerprint density at radius 1 is 1.20 bits per heavy atom. The molecule has 1 aromatic rings. The molecule has 1 aromatic heterocycles. The lowest BCUT2D eigenvalue weighted by atomic mass is 9.92. The zero-order chi connectivity index (χ0) is 14.9. The van der Waals surface area contributed by atoms with Crippen molar-refractivity contribution >= 4 is 17.5 Å². The van der Waals surface area contributed by atoms with Crippen LogP contribution in [0, 0.1) is 5.41 Å². The van der Waals surface area contributed by atoms with Crippen LogP contribution in [0.25, 0.3) is 0 Å². The zero-order valence-corrected chi connectivity index (χ0v) is 11.8. The highest BCUT2D eigenvalue weighted by Gasteiger charge is 2.44. The normalized spacial score (nSPS) is 17.8. The molecule has 2 rings (SSSR count). The number of anilines is 1. The van der Waals surface area contributed by atoms with Crippen LogP contribution >= 0.6 is 0 Å². The van der Waals surface area contributed by atoms with Crippen LogP contribution in [0.5, 0.6) is 0 Å². The van der Waals surface area contributed by atoms with Gasteiger partial charge in [-0.05, 0) is 12.5 Å². The average Bonchev–Trinajstić information content (AvgIpc) is 2.55. The Bertz CT molecular complexity index is 604. The number of hydrogen-bond donors (Lipinski definition) is 1. The van der Waals surface area contributed by atoms with E-state index in [1.54, 1.807) is 26.1 Å². The molecule has 1 saturated heterocycles. The van der Waals surface area contributed by atoms with Crippen molar-refractivity contribution in [3.63, 3.8) is 0 Å².